The molecule has 1 aromatic rings. The van der Waals surface area contributed by atoms with Gasteiger partial charge in [0.15, 0.2) is 0 Å². The first-order chi connectivity index (χ1) is 10.6. The van der Waals surface area contributed by atoms with Gasteiger partial charge in [-0.15, -0.1) is 5.10 Å². The fourth-order valence-electron chi connectivity index (χ4n) is 3.40. The number of rotatable bonds is 3. The van der Waals surface area contributed by atoms with Crippen LogP contribution in [0.25, 0.3) is 0 Å². The minimum atomic E-state index is -0.725. The maximum Gasteiger partial charge on any atom is 0.404 e. The molecule has 128 valence electrons. The zero-order valence-corrected chi connectivity index (χ0v) is 14.2. The van der Waals surface area contributed by atoms with Gasteiger partial charge in [0.25, 0.3) is 0 Å². The maximum absolute atomic E-state index is 11.3. The van der Waals surface area contributed by atoms with E-state index < -0.39 is 6.09 Å². The second-order valence-corrected chi connectivity index (χ2v) is 7.51. The summed E-state index contributed by atoms with van der Waals surface area (Å²) >= 11 is 0. The molecule has 2 rings (SSSR count). The third-order valence-electron chi connectivity index (χ3n) is 4.41. The molecule has 0 saturated carbocycles. The van der Waals surface area contributed by atoms with Gasteiger partial charge in [-0.2, -0.15) is 10.1 Å². The van der Waals surface area contributed by atoms with Crippen LogP contribution in [0.5, 0.6) is 0 Å². The standard InChI is InChI=1S/C15H26N6O2/c1-14(2,3)11(23-12(17)22)15(4)5-7-21(8-6-15)13-19-10(16)9-18-20-13/h9,11H,5-8H2,1-4H3,(H2,17,22)(H2,16,19,20). The Morgan fingerprint density at radius 2 is 2.00 bits per heavy atom. The lowest BCUT2D eigenvalue weighted by atomic mass is 9.67. The topological polar surface area (TPSA) is 120 Å². The molecule has 1 atom stereocenters. The summed E-state index contributed by atoms with van der Waals surface area (Å²) in [5, 5.41) is 7.88. The van der Waals surface area contributed by atoms with E-state index in [1.165, 1.54) is 6.20 Å². The zero-order chi connectivity index (χ0) is 17.3. The van der Waals surface area contributed by atoms with E-state index in [-0.39, 0.29) is 16.9 Å². The van der Waals surface area contributed by atoms with Crippen molar-refractivity contribution in [3.63, 3.8) is 0 Å². The number of aromatic nitrogens is 3. The highest BCUT2D eigenvalue weighted by atomic mass is 16.6. The number of carbonyl (C=O) groups is 1. The number of anilines is 2. The van der Waals surface area contributed by atoms with E-state index in [4.69, 9.17) is 16.2 Å². The van der Waals surface area contributed by atoms with Crippen molar-refractivity contribution in [3.05, 3.63) is 6.20 Å². The summed E-state index contributed by atoms with van der Waals surface area (Å²) in [6.45, 7) is 9.81. The van der Waals surface area contributed by atoms with Crippen molar-refractivity contribution in [1.29, 1.82) is 0 Å². The molecule has 1 amide bonds. The van der Waals surface area contributed by atoms with Gasteiger partial charge in [0.1, 0.15) is 11.9 Å². The fraction of sp³-hybridized carbons (Fsp3) is 0.733. The van der Waals surface area contributed by atoms with Crippen LogP contribution >= 0.6 is 0 Å². The van der Waals surface area contributed by atoms with Crippen LogP contribution in [0.2, 0.25) is 0 Å². The van der Waals surface area contributed by atoms with E-state index in [9.17, 15) is 4.79 Å². The number of hydrogen-bond donors (Lipinski definition) is 2. The first kappa shape index (κ1) is 17.2. The lowest BCUT2D eigenvalue weighted by molar-refractivity contribution is -0.0598. The van der Waals surface area contributed by atoms with Crippen LogP contribution in [0.4, 0.5) is 16.6 Å². The Hall–Kier alpha value is -2.12. The molecule has 1 aliphatic rings. The molecule has 1 aromatic heterocycles. The summed E-state index contributed by atoms with van der Waals surface area (Å²) in [6, 6.07) is 0. The number of nitrogen functional groups attached to an aromatic ring is 1. The van der Waals surface area contributed by atoms with Crippen LogP contribution in [0.1, 0.15) is 40.5 Å². The number of primary amides is 1. The minimum absolute atomic E-state index is 0.155. The number of carbonyl (C=O) groups excluding carboxylic acids is 1. The van der Waals surface area contributed by atoms with E-state index in [0.29, 0.717) is 11.8 Å². The van der Waals surface area contributed by atoms with Gasteiger partial charge >= 0.3 is 6.09 Å². The SMILES string of the molecule is CC(C)(C)C(OC(N)=O)C1(C)CCN(c2nncc(N)n2)CC1. The fourth-order valence-corrected chi connectivity index (χ4v) is 3.40. The summed E-state index contributed by atoms with van der Waals surface area (Å²) in [7, 11) is 0. The van der Waals surface area contributed by atoms with Crippen LogP contribution in [-0.4, -0.2) is 40.5 Å². The van der Waals surface area contributed by atoms with Crippen LogP contribution in [0.3, 0.4) is 0 Å². The highest BCUT2D eigenvalue weighted by Gasteiger charge is 2.46. The molecule has 23 heavy (non-hydrogen) atoms. The molecule has 0 bridgehead atoms. The van der Waals surface area contributed by atoms with Crippen molar-refractivity contribution in [2.45, 2.75) is 46.6 Å². The second kappa shape index (κ2) is 6.17. The van der Waals surface area contributed by atoms with Crippen molar-refractivity contribution >= 4 is 17.9 Å². The minimum Gasteiger partial charge on any atom is -0.445 e. The predicted molar refractivity (Wildman–Crippen MR) is 87.7 cm³/mol. The van der Waals surface area contributed by atoms with E-state index in [1.807, 2.05) is 0 Å². The first-order valence-corrected chi connectivity index (χ1v) is 7.78. The predicted octanol–water partition coefficient (Wildman–Crippen LogP) is 1.57. The smallest absolute Gasteiger partial charge is 0.404 e. The van der Waals surface area contributed by atoms with Crippen molar-refractivity contribution in [2.24, 2.45) is 16.6 Å². The summed E-state index contributed by atoms with van der Waals surface area (Å²) in [4.78, 5) is 17.6. The van der Waals surface area contributed by atoms with E-state index in [0.717, 1.165) is 25.9 Å². The monoisotopic (exact) mass is 322 g/mol. The molecule has 1 saturated heterocycles. The quantitative estimate of drug-likeness (QED) is 0.866. The van der Waals surface area contributed by atoms with Crippen LogP contribution in [0.15, 0.2) is 6.20 Å². The zero-order valence-electron chi connectivity index (χ0n) is 14.2. The van der Waals surface area contributed by atoms with Gasteiger partial charge in [0, 0.05) is 18.5 Å². The maximum atomic E-state index is 11.3. The summed E-state index contributed by atoms with van der Waals surface area (Å²) in [6.07, 6.45) is 2.11. The van der Waals surface area contributed by atoms with Gasteiger partial charge in [-0.1, -0.05) is 27.7 Å². The lowest BCUT2D eigenvalue weighted by Gasteiger charge is -2.47. The molecule has 4 N–H and O–H groups in total. The molecule has 1 fully saturated rings. The second-order valence-electron chi connectivity index (χ2n) is 7.51. The summed E-state index contributed by atoms with van der Waals surface area (Å²) < 4.78 is 5.47. The number of nitrogens with zero attached hydrogens (tertiary/aromatic N) is 4. The molecular weight excluding hydrogens is 296 g/mol. The van der Waals surface area contributed by atoms with Crippen molar-refractivity contribution in [1.82, 2.24) is 15.2 Å². The Bertz CT molecular complexity index is 563. The molecule has 0 aliphatic carbocycles. The first-order valence-electron chi connectivity index (χ1n) is 7.78. The van der Waals surface area contributed by atoms with Crippen molar-refractivity contribution in [2.75, 3.05) is 23.7 Å². The van der Waals surface area contributed by atoms with E-state index in [2.05, 4.69) is 47.8 Å². The number of hydrogen-bond acceptors (Lipinski definition) is 7. The number of ether oxygens (including phenoxy) is 1. The Morgan fingerprint density at radius 3 is 2.48 bits per heavy atom. The third-order valence-corrected chi connectivity index (χ3v) is 4.41. The molecule has 0 radical (unpaired) electrons. The number of amides is 1. The van der Waals surface area contributed by atoms with Crippen LogP contribution in [-0.2, 0) is 4.74 Å². The molecule has 0 spiro atoms. The van der Waals surface area contributed by atoms with E-state index >= 15 is 0 Å². The van der Waals surface area contributed by atoms with Gasteiger partial charge < -0.3 is 21.1 Å². The van der Waals surface area contributed by atoms with Crippen molar-refractivity contribution < 1.29 is 9.53 Å². The molecule has 8 heteroatoms. The molecule has 0 aromatic carbocycles. The molecule has 1 unspecified atom stereocenters. The van der Waals surface area contributed by atoms with Gasteiger partial charge in [0.2, 0.25) is 5.95 Å². The average molecular weight is 322 g/mol. The number of piperidine rings is 1. The van der Waals surface area contributed by atoms with Gasteiger partial charge in [-0.25, -0.2) is 4.79 Å². The normalized spacial score (nSPS) is 19.2. The highest BCUT2D eigenvalue weighted by molar-refractivity contribution is 5.65. The van der Waals surface area contributed by atoms with Gasteiger partial charge in [-0.05, 0) is 18.3 Å². The Labute approximate surface area is 136 Å². The Balaban J connectivity index is 2.12. The molecular formula is C15H26N6O2. The number of nitrogens with two attached hydrogens (primary N) is 2. The van der Waals surface area contributed by atoms with E-state index in [1.54, 1.807) is 0 Å². The summed E-state index contributed by atoms with van der Waals surface area (Å²) in [5.41, 5.74) is 10.6. The largest absolute Gasteiger partial charge is 0.445 e. The molecule has 8 nitrogen and oxygen atoms in total. The van der Waals surface area contributed by atoms with Gasteiger partial charge in [-0.3, -0.25) is 0 Å². The van der Waals surface area contributed by atoms with Crippen LogP contribution in [0, 0.1) is 10.8 Å². The molecule has 1 aliphatic heterocycles. The molecule has 2 heterocycles. The van der Waals surface area contributed by atoms with Gasteiger partial charge in [0.05, 0.1) is 6.20 Å². The Kier molecular flexibility index (Phi) is 4.63. The third kappa shape index (κ3) is 4.00. The van der Waals surface area contributed by atoms with Crippen molar-refractivity contribution in [3.8, 4) is 0 Å². The Morgan fingerprint density at radius 1 is 1.39 bits per heavy atom. The highest BCUT2D eigenvalue weighted by Crippen LogP contribution is 2.44. The average Bonchev–Trinajstić information content (AvgIpc) is 2.44. The van der Waals surface area contributed by atoms with Crippen LogP contribution < -0.4 is 16.4 Å². The summed E-state index contributed by atoms with van der Waals surface area (Å²) in [5.74, 6) is 0.892. The lowest BCUT2D eigenvalue weighted by Crippen LogP contribution is -2.51.